The molecule has 1 aliphatic rings. The highest BCUT2D eigenvalue weighted by Gasteiger charge is 2.34. The summed E-state index contributed by atoms with van der Waals surface area (Å²) in [5.74, 6) is 0.379. The summed E-state index contributed by atoms with van der Waals surface area (Å²) in [6.07, 6.45) is 2.95. The largest absolute Gasteiger partial charge is 0.497 e. The molecule has 1 saturated heterocycles. The summed E-state index contributed by atoms with van der Waals surface area (Å²) >= 11 is 0. The molecule has 1 atom stereocenters. The van der Waals surface area contributed by atoms with Crippen LogP contribution in [-0.4, -0.2) is 67.0 Å². The van der Waals surface area contributed by atoms with E-state index in [-0.39, 0.29) is 40.9 Å². The Kier molecular flexibility index (Phi) is 6.61. The third-order valence-electron chi connectivity index (χ3n) is 4.88. The number of nitrogens with zero attached hydrogens (tertiary/aromatic N) is 4. The lowest BCUT2D eigenvalue weighted by molar-refractivity contribution is 0.0938. The van der Waals surface area contributed by atoms with Crippen LogP contribution in [0.15, 0.2) is 29.3 Å². The van der Waals surface area contributed by atoms with E-state index in [1.54, 1.807) is 23.0 Å². The van der Waals surface area contributed by atoms with Crippen molar-refractivity contribution < 1.29 is 22.7 Å². The highest BCUT2D eigenvalue weighted by atomic mass is 32.2. The highest BCUT2D eigenvalue weighted by molar-refractivity contribution is 7.89. The lowest BCUT2D eigenvalue weighted by Gasteiger charge is -2.32. The van der Waals surface area contributed by atoms with Crippen LogP contribution in [0, 0.1) is 0 Å². The van der Waals surface area contributed by atoms with E-state index in [0.29, 0.717) is 18.7 Å². The molecule has 0 saturated carbocycles. The van der Waals surface area contributed by atoms with Gasteiger partial charge in [0.2, 0.25) is 10.0 Å². The van der Waals surface area contributed by atoms with E-state index < -0.39 is 10.0 Å². The van der Waals surface area contributed by atoms with E-state index in [4.69, 9.17) is 9.47 Å². The Labute approximate surface area is 176 Å². The molecule has 0 bridgehead atoms. The molecule has 30 heavy (non-hydrogen) atoms. The van der Waals surface area contributed by atoms with E-state index in [2.05, 4.69) is 15.6 Å². The van der Waals surface area contributed by atoms with Gasteiger partial charge in [-0.2, -0.15) is 4.31 Å². The van der Waals surface area contributed by atoms with Crippen LogP contribution in [0.25, 0.3) is 0 Å². The number of sulfonamides is 1. The minimum atomic E-state index is -3.82. The molecule has 0 radical (unpaired) electrons. The molecule has 3 rings (SSSR count). The summed E-state index contributed by atoms with van der Waals surface area (Å²) < 4.78 is 40.1. The zero-order valence-electron chi connectivity index (χ0n) is 17.5. The second kappa shape index (κ2) is 9.00. The first kappa shape index (κ1) is 22.0. The van der Waals surface area contributed by atoms with Crippen LogP contribution < -0.4 is 14.8 Å². The maximum absolute atomic E-state index is 13.3. The van der Waals surface area contributed by atoms with Gasteiger partial charge in [0, 0.05) is 25.2 Å². The van der Waals surface area contributed by atoms with Gasteiger partial charge in [-0.05, 0) is 38.8 Å². The summed E-state index contributed by atoms with van der Waals surface area (Å²) in [5.41, 5.74) is 0.207. The number of hydrogen-bond donors (Lipinski definition) is 1. The molecule has 1 aliphatic heterocycles. The van der Waals surface area contributed by atoms with Crippen LogP contribution >= 0.6 is 0 Å². The lowest BCUT2D eigenvalue weighted by Crippen LogP contribution is -2.41. The van der Waals surface area contributed by atoms with E-state index in [9.17, 15) is 13.2 Å². The quantitative estimate of drug-likeness (QED) is 0.697. The van der Waals surface area contributed by atoms with Crippen molar-refractivity contribution in [3.8, 4) is 11.5 Å². The molecular weight excluding hydrogens is 410 g/mol. The number of aromatic nitrogens is 3. The predicted octanol–water partition coefficient (Wildman–Crippen LogP) is 1.46. The molecule has 1 aromatic heterocycles. The Hall–Kier alpha value is -2.66. The fraction of sp³-hybridized carbons (Fsp3) is 0.526. The molecule has 1 N–H and O–H groups in total. The molecule has 0 unspecified atom stereocenters. The maximum atomic E-state index is 13.3. The first-order valence-electron chi connectivity index (χ1n) is 9.71. The third kappa shape index (κ3) is 4.57. The second-order valence-electron chi connectivity index (χ2n) is 7.39. The molecule has 11 heteroatoms. The Morgan fingerprint density at radius 1 is 1.27 bits per heavy atom. The molecule has 0 spiro atoms. The van der Waals surface area contributed by atoms with Gasteiger partial charge in [0.05, 0.1) is 26.5 Å². The molecule has 1 fully saturated rings. The standard InChI is InChI=1S/C19H27N5O5S/c1-13(2)20-19(25)16-12-24(22-21-16)14-6-5-9-23(11-14)30(26,27)18-10-15(28-3)7-8-17(18)29-4/h7-8,10,12-14H,5-6,9,11H2,1-4H3,(H,20,25)/t14-/m1/s1. The topological polar surface area (TPSA) is 116 Å². The number of carbonyl (C=O) groups excluding carboxylic acids is 1. The van der Waals surface area contributed by atoms with Gasteiger partial charge in [-0.3, -0.25) is 4.79 Å². The fourth-order valence-electron chi connectivity index (χ4n) is 3.38. The smallest absolute Gasteiger partial charge is 0.273 e. The maximum Gasteiger partial charge on any atom is 0.273 e. The van der Waals surface area contributed by atoms with Gasteiger partial charge in [-0.1, -0.05) is 5.21 Å². The number of nitrogens with one attached hydrogen (secondary N) is 1. The van der Waals surface area contributed by atoms with Gasteiger partial charge >= 0.3 is 0 Å². The van der Waals surface area contributed by atoms with Gasteiger partial charge in [0.1, 0.15) is 16.4 Å². The number of ether oxygens (including phenoxy) is 2. The molecule has 2 heterocycles. The van der Waals surface area contributed by atoms with Crippen molar-refractivity contribution in [2.45, 2.75) is 43.7 Å². The van der Waals surface area contributed by atoms with E-state index in [1.165, 1.54) is 24.6 Å². The number of benzene rings is 1. The van der Waals surface area contributed by atoms with Crippen LogP contribution in [0.5, 0.6) is 11.5 Å². The van der Waals surface area contributed by atoms with Gasteiger partial charge < -0.3 is 14.8 Å². The number of methoxy groups -OCH3 is 2. The van der Waals surface area contributed by atoms with Gasteiger partial charge in [-0.25, -0.2) is 13.1 Å². The number of hydrogen-bond acceptors (Lipinski definition) is 7. The molecule has 1 amide bonds. The van der Waals surface area contributed by atoms with Crippen molar-refractivity contribution in [2.75, 3.05) is 27.3 Å². The van der Waals surface area contributed by atoms with Crippen LogP contribution in [-0.2, 0) is 10.0 Å². The molecular formula is C19H27N5O5S. The second-order valence-corrected chi connectivity index (χ2v) is 9.29. The average Bonchev–Trinajstić information content (AvgIpc) is 3.23. The predicted molar refractivity (Wildman–Crippen MR) is 109 cm³/mol. The number of carbonyl (C=O) groups is 1. The van der Waals surface area contributed by atoms with Crippen molar-refractivity contribution in [3.63, 3.8) is 0 Å². The molecule has 0 aliphatic carbocycles. The zero-order valence-corrected chi connectivity index (χ0v) is 18.3. The third-order valence-corrected chi connectivity index (χ3v) is 6.77. The Balaban J connectivity index is 1.83. The fourth-order valence-corrected chi connectivity index (χ4v) is 5.06. The van der Waals surface area contributed by atoms with Crippen molar-refractivity contribution in [1.82, 2.24) is 24.6 Å². The SMILES string of the molecule is COc1ccc(OC)c(S(=O)(=O)N2CCC[C@@H](n3cc(C(=O)NC(C)C)nn3)C2)c1. The first-order valence-corrected chi connectivity index (χ1v) is 11.1. The molecule has 2 aromatic rings. The zero-order chi connectivity index (χ0) is 21.9. The summed E-state index contributed by atoms with van der Waals surface area (Å²) in [7, 11) is -0.908. The molecule has 10 nitrogen and oxygen atoms in total. The van der Waals surface area contributed by atoms with E-state index in [1.807, 2.05) is 13.8 Å². The normalized spacial score (nSPS) is 17.7. The van der Waals surface area contributed by atoms with Crippen LogP contribution in [0.2, 0.25) is 0 Å². The Bertz CT molecular complexity index is 1000. The minimum absolute atomic E-state index is 0.0178. The van der Waals surface area contributed by atoms with Crippen molar-refractivity contribution in [1.29, 1.82) is 0 Å². The number of rotatable bonds is 7. The first-order chi connectivity index (χ1) is 14.3. The monoisotopic (exact) mass is 437 g/mol. The number of piperidine rings is 1. The lowest BCUT2D eigenvalue weighted by atomic mass is 10.1. The van der Waals surface area contributed by atoms with E-state index in [0.717, 1.165) is 6.42 Å². The molecule has 164 valence electrons. The minimum Gasteiger partial charge on any atom is -0.497 e. The van der Waals surface area contributed by atoms with Crippen molar-refractivity contribution >= 4 is 15.9 Å². The van der Waals surface area contributed by atoms with Gasteiger partial charge in [0.25, 0.3) is 5.91 Å². The van der Waals surface area contributed by atoms with Crippen molar-refractivity contribution in [2.24, 2.45) is 0 Å². The van der Waals surface area contributed by atoms with Crippen LogP contribution in [0.1, 0.15) is 43.2 Å². The van der Waals surface area contributed by atoms with Gasteiger partial charge in [-0.15, -0.1) is 5.10 Å². The van der Waals surface area contributed by atoms with E-state index >= 15 is 0 Å². The molecule has 1 aromatic carbocycles. The average molecular weight is 438 g/mol. The summed E-state index contributed by atoms with van der Waals surface area (Å²) in [4.78, 5) is 12.2. The highest BCUT2D eigenvalue weighted by Crippen LogP contribution is 2.33. The van der Waals surface area contributed by atoms with Crippen molar-refractivity contribution in [3.05, 3.63) is 30.1 Å². The summed E-state index contributed by atoms with van der Waals surface area (Å²) in [6.45, 7) is 4.32. The number of amides is 1. The van der Waals surface area contributed by atoms with Crippen LogP contribution in [0.3, 0.4) is 0 Å². The van der Waals surface area contributed by atoms with Gasteiger partial charge in [0.15, 0.2) is 5.69 Å². The Morgan fingerprint density at radius 2 is 2.03 bits per heavy atom. The summed E-state index contributed by atoms with van der Waals surface area (Å²) in [5, 5.41) is 10.8. The van der Waals surface area contributed by atoms with Crippen LogP contribution in [0.4, 0.5) is 0 Å². The Morgan fingerprint density at radius 3 is 2.70 bits per heavy atom. The summed E-state index contributed by atoms with van der Waals surface area (Å²) in [6, 6.07) is 4.44.